The number of sulfonamides is 1. The van der Waals surface area contributed by atoms with Gasteiger partial charge in [0, 0.05) is 19.8 Å². The minimum atomic E-state index is -3.83. The number of ether oxygens (including phenoxy) is 4. The fraction of sp³-hybridized carbons (Fsp3) is 0.478. The van der Waals surface area contributed by atoms with E-state index in [1.54, 1.807) is 38.5 Å². The van der Waals surface area contributed by atoms with E-state index in [4.69, 9.17) is 18.9 Å². The molecule has 2 atom stereocenters. The van der Waals surface area contributed by atoms with Crippen molar-refractivity contribution in [1.82, 2.24) is 4.31 Å². The second-order valence-corrected chi connectivity index (χ2v) is 9.67. The van der Waals surface area contributed by atoms with Crippen molar-refractivity contribution in [3.8, 4) is 11.5 Å². The SMILES string of the molecule is COc1ccc2c(c1OC)C[C@@H](C)[C@H]2N(CC(OC)OC)S(=O)(=O)c1ccc(C)cc1. The molecule has 170 valence electrons. The van der Waals surface area contributed by atoms with Crippen LogP contribution >= 0.6 is 0 Å². The maximum atomic E-state index is 13.8. The number of rotatable bonds is 9. The van der Waals surface area contributed by atoms with Crippen LogP contribution in [0.4, 0.5) is 0 Å². The largest absolute Gasteiger partial charge is 0.493 e. The molecule has 0 radical (unpaired) electrons. The van der Waals surface area contributed by atoms with Crippen LogP contribution < -0.4 is 9.47 Å². The molecule has 0 fully saturated rings. The first-order valence-corrected chi connectivity index (χ1v) is 11.6. The lowest BCUT2D eigenvalue weighted by Gasteiger charge is -2.33. The third-order valence-electron chi connectivity index (χ3n) is 5.86. The Morgan fingerprint density at radius 1 is 1.00 bits per heavy atom. The minimum absolute atomic E-state index is 0.0191. The number of methoxy groups -OCH3 is 4. The van der Waals surface area contributed by atoms with Crippen molar-refractivity contribution in [2.45, 2.75) is 37.5 Å². The Kier molecular flexibility index (Phi) is 7.26. The number of hydrogen-bond acceptors (Lipinski definition) is 6. The summed E-state index contributed by atoms with van der Waals surface area (Å²) in [6, 6.07) is 10.2. The molecule has 0 saturated carbocycles. The van der Waals surface area contributed by atoms with Crippen molar-refractivity contribution in [2.75, 3.05) is 35.0 Å². The molecule has 0 spiro atoms. The molecule has 2 aromatic carbocycles. The average Bonchev–Trinajstić information content (AvgIpc) is 3.09. The normalized spacial score (nSPS) is 18.5. The lowest BCUT2D eigenvalue weighted by molar-refractivity contribution is -0.111. The summed E-state index contributed by atoms with van der Waals surface area (Å²) < 4.78 is 50.9. The van der Waals surface area contributed by atoms with Crippen molar-refractivity contribution in [3.05, 3.63) is 53.1 Å². The van der Waals surface area contributed by atoms with Gasteiger partial charge in [-0.15, -0.1) is 0 Å². The lowest BCUT2D eigenvalue weighted by Crippen LogP contribution is -2.42. The van der Waals surface area contributed by atoms with Gasteiger partial charge in [0.05, 0.1) is 31.7 Å². The fourth-order valence-corrected chi connectivity index (χ4v) is 5.96. The average molecular weight is 450 g/mol. The van der Waals surface area contributed by atoms with Crippen LogP contribution in [-0.4, -0.2) is 54.0 Å². The molecule has 0 bridgehead atoms. The highest BCUT2D eigenvalue weighted by Crippen LogP contribution is 2.48. The van der Waals surface area contributed by atoms with Crippen molar-refractivity contribution in [3.63, 3.8) is 0 Å². The zero-order valence-corrected chi connectivity index (χ0v) is 19.7. The monoisotopic (exact) mass is 449 g/mol. The van der Waals surface area contributed by atoms with Gasteiger partial charge in [-0.25, -0.2) is 8.42 Å². The predicted octanol–water partition coefficient (Wildman–Crippen LogP) is 3.56. The van der Waals surface area contributed by atoms with E-state index >= 15 is 0 Å². The molecule has 8 heteroatoms. The Morgan fingerprint density at radius 3 is 2.19 bits per heavy atom. The topological polar surface area (TPSA) is 74.3 Å². The molecular formula is C23H31NO6S. The summed E-state index contributed by atoms with van der Waals surface area (Å²) in [5.41, 5.74) is 2.87. The van der Waals surface area contributed by atoms with E-state index < -0.39 is 22.4 Å². The number of benzene rings is 2. The van der Waals surface area contributed by atoms with Gasteiger partial charge in [-0.1, -0.05) is 30.7 Å². The van der Waals surface area contributed by atoms with Crippen LogP contribution in [0.1, 0.15) is 29.7 Å². The predicted molar refractivity (Wildman–Crippen MR) is 118 cm³/mol. The van der Waals surface area contributed by atoms with Crippen LogP contribution in [0, 0.1) is 12.8 Å². The molecule has 3 rings (SSSR count). The summed E-state index contributed by atoms with van der Waals surface area (Å²) in [7, 11) is 2.38. The maximum absolute atomic E-state index is 13.8. The highest BCUT2D eigenvalue weighted by atomic mass is 32.2. The highest BCUT2D eigenvalue weighted by molar-refractivity contribution is 7.89. The van der Waals surface area contributed by atoms with Gasteiger partial charge >= 0.3 is 0 Å². The van der Waals surface area contributed by atoms with Crippen LogP contribution in [-0.2, 0) is 25.9 Å². The third kappa shape index (κ3) is 4.43. The molecule has 31 heavy (non-hydrogen) atoms. The minimum Gasteiger partial charge on any atom is -0.493 e. The standard InChI is InChI=1S/C23H31NO6S/c1-15-7-9-17(10-8-15)31(25,26)24(14-21(28-4)29-5)22-16(2)13-19-18(22)11-12-20(27-3)23(19)30-6/h7-12,16,21-22H,13-14H2,1-6H3/t16-,22-/m1/s1. The van der Waals surface area contributed by atoms with Gasteiger partial charge in [0.15, 0.2) is 17.8 Å². The Morgan fingerprint density at radius 2 is 1.65 bits per heavy atom. The van der Waals surface area contributed by atoms with Gasteiger partial charge in [0.2, 0.25) is 10.0 Å². The van der Waals surface area contributed by atoms with Crippen LogP contribution in [0.15, 0.2) is 41.3 Å². The fourth-order valence-electron chi connectivity index (χ4n) is 4.27. The first kappa shape index (κ1) is 23.5. The molecule has 0 saturated heterocycles. The molecule has 1 aliphatic rings. The first-order chi connectivity index (χ1) is 14.8. The van der Waals surface area contributed by atoms with Gasteiger partial charge in [-0.2, -0.15) is 4.31 Å². The van der Waals surface area contributed by atoms with Crippen LogP contribution in [0.2, 0.25) is 0 Å². The summed E-state index contributed by atoms with van der Waals surface area (Å²) in [4.78, 5) is 0.241. The smallest absolute Gasteiger partial charge is 0.243 e. The number of nitrogens with zero attached hydrogens (tertiary/aromatic N) is 1. The molecule has 0 aliphatic heterocycles. The summed E-state index contributed by atoms with van der Waals surface area (Å²) in [5, 5.41) is 0. The summed E-state index contributed by atoms with van der Waals surface area (Å²) in [6.07, 6.45) is -0.0260. The van der Waals surface area contributed by atoms with Gasteiger partial charge in [-0.05, 0) is 43.0 Å². The van der Waals surface area contributed by atoms with Crippen LogP contribution in [0.3, 0.4) is 0 Å². The number of fused-ring (bicyclic) bond motifs is 1. The summed E-state index contributed by atoms with van der Waals surface area (Å²) in [5.74, 6) is 1.30. The zero-order valence-electron chi connectivity index (χ0n) is 18.9. The Bertz CT molecular complexity index is 1000. The molecule has 0 unspecified atom stereocenters. The number of hydrogen-bond donors (Lipinski definition) is 0. The van der Waals surface area contributed by atoms with Gasteiger partial charge in [-0.3, -0.25) is 0 Å². The third-order valence-corrected chi connectivity index (χ3v) is 7.72. The molecule has 2 aromatic rings. The second-order valence-electron chi connectivity index (χ2n) is 7.78. The van der Waals surface area contributed by atoms with Gasteiger partial charge in [0.25, 0.3) is 0 Å². The number of aryl methyl sites for hydroxylation is 1. The van der Waals surface area contributed by atoms with Crippen molar-refractivity contribution < 1.29 is 27.4 Å². The summed E-state index contributed by atoms with van der Waals surface area (Å²) in [6.45, 7) is 4.03. The quantitative estimate of drug-likeness (QED) is 0.545. The van der Waals surface area contributed by atoms with Crippen molar-refractivity contribution in [1.29, 1.82) is 0 Å². The second kappa shape index (κ2) is 9.56. The van der Waals surface area contributed by atoms with E-state index in [1.807, 2.05) is 26.0 Å². The Labute approximate surface area is 184 Å². The van der Waals surface area contributed by atoms with E-state index in [0.717, 1.165) is 16.7 Å². The van der Waals surface area contributed by atoms with E-state index in [0.29, 0.717) is 17.9 Å². The van der Waals surface area contributed by atoms with E-state index in [9.17, 15) is 8.42 Å². The van der Waals surface area contributed by atoms with Gasteiger partial charge < -0.3 is 18.9 Å². The molecule has 7 nitrogen and oxygen atoms in total. The summed E-state index contributed by atoms with van der Waals surface area (Å²) >= 11 is 0. The van der Waals surface area contributed by atoms with Crippen molar-refractivity contribution >= 4 is 10.0 Å². The maximum Gasteiger partial charge on any atom is 0.243 e. The molecule has 0 heterocycles. The molecule has 0 N–H and O–H groups in total. The van der Waals surface area contributed by atoms with E-state index in [-0.39, 0.29) is 17.4 Å². The molecule has 1 aliphatic carbocycles. The Hall–Kier alpha value is -2.13. The molecular weight excluding hydrogens is 418 g/mol. The van der Waals surface area contributed by atoms with E-state index in [1.165, 1.54) is 18.5 Å². The molecule has 0 amide bonds. The van der Waals surface area contributed by atoms with E-state index in [2.05, 4.69) is 0 Å². The van der Waals surface area contributed by atoms with Crippen molar-refractivity contribution in [2.24, 2.45) is 5.92 Å². The van der Waals surface area contributed by atoms with Crippen LogP contribution in [0.5, 0.6) is 11.5 Å². The van der Waals surface area contributed by atoms with Crippen LogP contribution in [0.25, 0.3) is 0 Å². The Balaban J connectivity index is 2.14. The zero-order chi connectivity index (χ0) is 22.8. The van der Waals surface area contributed by atoms with Gasteiger partial charge in [0.1, 0.15) is 0 Å². The first-order valence-electron chi connectivity index (χ1n) is 10.2. The molecule has 0 aromatic heterocycles. The highest BCUT2D eigenvalue weighted by Gasteiger charge is 2.43. The lowest BCUT2D eigenvalue weighted by atomic mass is 10.0.